The first-order valence-electron chi connectivity index (χ1n) is 11.8. The molecule has 180 valence electrons. The van der Waals surface area contributed by atoms with Gasteiger partial charge in [0.25, 0.3) is 0 Å². The number of guanidine groups is 1. The molecule has 0 amide bonds. The fourth-order valence-corrected chi connectivity index (χ4v) is 4.72. The van der Waals surface area contributed by atoms with E-state index in [1.54, 1.807) is 7.11 Å². The van der Waals surface area contributed by atoms with E-state index < -0.39 is 0 Å². The van der Waals surface area contributed by atoms with E-state index in [1.807, 2.05) is 25.4 Å². The summed E-state index contributed by atoms with van der Waals surface area (Å²) in [5.74, 6) is 2.83. The summed E-state index contributed by atoms with van der Waals surface area (Å²) in [5.41, 5.74) is 2.44. The zero-order valence-electron chi connectivity index (χ0n) is 19.8. The van der Waals surface area contributed by atoms with Gasteiger partial charge in [-0.2, -0.15) is 0 Å². The van der Waals surface area contributed by atoms with Gasteiger partial charge in [0, 0.05) is 45.0 Å². The van der Waals surface area contributed by atoms with Crippen LogP contribution in [0.4, 0.5) is 5.82 Å². The monoisotopic (exact) mass is 564 g/mol. The van der Waals surface area contributed by atoms with Gasteiger partial charge in [-0.3, -0.25) is 9.89 Å². The maximum atomic E-state index is 5.67. The summed E-state index contributed by atoms with van der Waals surface area (Å²) in [4.78, 5) is 13.9. The maximum absolute atomic E-state index is 5.67. The Hall–Kier alpha value is -2.07. The van der Waals surface area contributed by atoms with E-state index in [1.165, 1.54) is 36.8 Å². The highest BCUT2D eigenvalue weighted by Gasteiger charge is 2.26. The number of aliphatic imine (C=N–C) groups is 1. The van der Waals surface area contributed by atoms with Crippen LogP contribution in [-0.2, 0) is 6.54 Å². The molecule has 0 spiro atoms. The van der Waals surface area contributed by atoms with E-state index in [-0.39, 0.29) is 30.0 Å². The lowest BCUT2D eigenvalue weighted by Crippen LogP contribution is -2.42. The summed E-state index contributed by atoms with van der Waals surface area (Å²) in [6, 6.07) is 12.9. The lowest BCUT2D eigenvalue weighted by molar-refractivity contribution is 0.239. The zero-order chi connectivity index (χ0) is 22.2. The van der Waals surface area contributed by atoms with Crippen molar-refractivity contribution in [3.8, 4) is 5.75 Å². The molecular formula is C25H37IN6O. The number of nitrogens with one attached hydrogen (secondary N) is 2. The van der Waals surface area contributed by atoms with Crippen LogP contribution in [0.25, 0.3) is 0 Å². The van der Waals surface area contributed by atoms with Gasteiger partial charge in [-0.25, -0.2) is 4.98 Å². The lowest BCUT2D eigenvalue weighted by Gasteiger charge is -2.30. The third-order valence-corrected chi connectivity index (χ3v) is 6.47. The van der Waals surface area contributed by atoms with Gasteiger partial charge in [-0.1, -0.05) is 18.2 Å². The minimum absolute atomic E-state index is 0. The Kier molecular flexibility index (Phi) is 10.1. The minimum Gasteiger partial charge on any atom is -0.496 e. The Bertz CT molecular complexity index is 896. The number of aromatic nitrogens is 1. The van der Waals surface area contributed by atoms with Gasteiger partial charge < -0.3 is 20.3 Å². The Morgan fingerprint density at radius 2 is 1.79 bits per heavy atom. The lowest BCUT2D eigenvalue weighted by atomic mass is 10.0. The molecule has 2 aliphatic rings. The largest absolute Gasteiger partial charge is 0.496 e. The number of pyridine rings is 1. The van der Waals surface area contributed by atoms with Gasteiger partial charge in [0.2, 0.25) is 0 Å². The number of ether oxygens (including phenoxy) is 1. The van der Waals surface area contributed by atoms with Gasteiger partial charge in [0.1, 0.15) is 11.6 Å². The molecule has 1 aromatic heterocycles. The maximum Gasteiger partial charge on any atom is 0.191 e. The number of methoxy groups -OCH3 is 1. The van der Waals surface area contributed by atoms with Crippen molar-refractivity contribution in [2.24, 2.45) is 4.99 Å². The van der Waals surface area contributed by atoms with E-state index in [9.17, 15) is 0 Å². The van der Waals surface area contributed by atoms with Crippen LogP contribution in [0.5, 0.6) is 5.75 Å². The quantitative estimate of drug-likeness (QED) is 0.289. The van der Waals surface area contributed by atoms with Gasteiger partial charge in [0.15, 0.2) is 5.96 Å². The van der Waals surface area contributed by atoms with Crippen molar-refractivity contribution in [1.82, 2.24) is 20.5 Å². The SMILES string of the molecule is CN=C(NCc1ccnc(N2CCCC2)c1)NCC(c1ccccc1OC)N1CCCC1.I. The van der Waals surface area contributed by atoms with Crippen molar-refractivity contribution < 1.29 is 4.74 Å². The molecule has 2 aromatic rings. The Balaban J connectivity index is 0.00000306. The van der Waals surface area contributed by atoms with Crippen molar-refractivity contribution in [3.63, 3.8) is 0 Å². The van der Waals surface area contributed by atoms with Crippen LogP contribution in [0.1, 0.15) is 42.9 Å². The third kappa shape index (κ3) is 6.72. The molecule has 1 aromatic carbocycles. The molecule has 0 radical (unpaired) electrons. The number of benzene rings is 1. The minimum atomic E-state index is 0. The van der Waals surface area contributed by atoms with E-state index in [0.29, 0.717) is 6.54 Å². The van der Waals surface area contributed by atoms with Gasteiger partial charge in [0.05, 0.1) is 13.2 Å². The molecule has 1 atom stereocenters. The molecule has 1 unspecified atom stereocenters. The van der Waals surface area contributed by atoms with E-state index in [2.05, 4.69) is 54.7 Å². The number of hydrogen-bond acceptors (Lipinski definition) is 5. The summed E-state index contributed by atoms with van der Waals surface area (Å²) in [5, 5.41) is 7.02. The number of rotatable bonds is 8. The number of para-hydroxylation sites is 1. The average Bonchev–Trinajstić information content (AvgIpc) is 3.56. The molecule has 2 N–H and O–H groups in total. The third-order valence-electron chi connectivity index (χ3n) is 6.47. The van der Waals surface area contributed by atoms with Crippen LogP contribution in [0, 0.1) is 0 Å². The van der Waals surface area contributed by atoms with E-state index >= 15 is 0 Å². The van der Waals surface area contributed by atoms with Crippen molar-refractivity contribution in [2.75, 3.05) is 51.8 Å². The number of nitrogens with zero attached hydrogens (tertiary/aromatic N) is 4. The summed E-state index contributed by atoms with van der Waals surface area (Å²) < 4.78 is 5.67. The molecule has 7 nitrogen and oxygen atoms in total. The number of anilines is 1. The standard InChI is InChI=1S/C25H36N6O.HI/c1-26-25(28-18-20-11-12-27-24(17-20)31-15-7-8-16-31)29-19-22(30-13-5-6-14-30)21-9-3-4-10-23(21)32-2;/h3-4,9-12,17,22H,5-8,13-16,18-19H2,1-2H3,(H2,26,28,29);1H. The first-order chi connectivity index (χ1) is 15.8. The van der Waals surface area contributed by atoms with Crippen LogP contribution in [0.15, 0.2) is 47.6 Å². The number of hydrogen-bond donors (Lipinski definition) is 2. The highest BCUT2D eigenvalue weighted by molar-refractivity contribution is 14.0. The van der Waals surface area contributed by atoms with E-state index in [4.69, 9.17) is 4.74 Å². The van der Waals surface area contributed by atoms with E-state index in [0.717, 1.165) is 50.3 Å². The molecule has 2 fully saturated rings. The topological polar surface area (TPSA) is 65.0 Å². The summed E-state index contributed by atoms with van der Waals surface area (Å²) in [6.07, 6.45) is 6.92. The highest BCUT2D eigenvalue weighted by Crippen LogP contribution is 2.31. The molecular weight excluding hydrogens is 527 g/mol. The van der Waals surface area contributed by atoms with Crippen LogP contribution >= 0.6 is 24.0 Å². The molecule has 33 heavy (non-hydrogen) atoms. The molecule has 0 aliphatic carbocycles. The first kappa shape index (κ1) is 25.6. The molecule has 8 heteroatoms. The second kappa shape index (κ2) is 13.0. The summed E-state index contributed by atoms with van der Waals surface area (Å²) in [7, 11) is 3.57. The first-order valence-corrected chi connectivity index (χ1v) is 11.8. The normalized spacial score (nSPS) is 17.5. The van der Waals surface area contributed by atoms with Gasteiger partial charge in [-0.15, -0.1) is 24.0 Å². The number of halogens is 1. The van der Waals surface area contributed by atoms with Crippen molar-refractivity contribution in [1.29, 1.82) is 0 Å². The molecule has 2 saturated heterocycles. The highest BCUT2D eigenvalue weighted by atomic mass is 127. The van der Waals surface area contributed by atoms with Crippen molar-refractivity contribution in [2.45, 2.75) is 38.3 Å². The predicted molar refractivity (Wildman–Crippen MR) is 146 cm³/mol. The molecule has 0 bridgehead atoms. The molecule has 0 saturated carbocycles. The van der Waals surface area contributed by atoms with Crippen molar-refractivity contribution >= 4 is 35.8 Å². The van der Waals surface area contributed by atoms with Crippen LogP contribution in [0.3, 0.4) is 0 Å². The second-order valence-electron chi connectivity index (χ2n) is 8.52. The van der Waals surface area contributed by atoms with Gasteiger partial charge in [-0.05, 0) is 62.5 Å². The smallest absolute Gasteiger partial charge is 0.191 e. The second-order valence-corrected chi connectivity index (χ2v) is 8.52. The molecule has 4 rings (SSSR count). The summed E-state index contributed by atoms with van der Waals surface area (Å²) >= 11 is 0. The van der Waals surface area contributed by atoms with Crippen LogP contribution < -0.4 is 20.3 Å². The van der Waals surface area contributed by atoms with Crippen LogP contribution in [0.2, 0.25) is 0 Å². The Morgan fingerprint density at radius 1 is 1.06 bits per heavy atom. The zero-order valence-corrected chi connectivity index (χ0v) is 22.1. The number of likely N-dealkylation sites (tertiary alicyclic amines) is 1. The average molecular weight is 565 g/mol. The molecule has 3 heterocycles. The fraction of sp³-hybridized carbons (Fsp3) is 0.520. The van der Waals surface area contributed by atoms with Crippen LogP contribution in [-0.4, -0.2) is 62.7 Å². The van der Waals surface area contributed by atoms with Crippen molar-refractivity contribution in [3.05, 3.63) is 53.7 Å². The predicted octanol–water partition coefficient (Wildman–Crippen LogP) is 3.81. The Labute approximate surface area is 215 Å². The Morgan fingerprint density at radius 3 is 2.52 bits per heavy atom. The fourth-order valence-electron chi connectivity index (χ4n) is 4.72. The summed E-state index contributed by atoms with van der Waals surface area (Å²) in [6.45, 7) is 5.93. The molecule has 2 aliphatic heterocycles. The van der Waals surface area contributed by atoms with Gasteiger partial charge >= 0.3 is 0 Å².